The third-order valence-corrected chi connectivity index (χ3v) is 4.10. The second-order valence-corrected chi connectivity index (χ2v) is 6.03. The lowest BCUT2D eigenvalue weighted by Gasteiger charge is -2.19. The van der Waals surface area contributed by atoms with Crippen molar-refractivity contribution in [3.05, 3.63) is 58.5 Å². The smallest absolute Gasteiger partial charge is 0.255 e. The highest BCUT2D eigenvalue weighted by Crippen LogP contribution is 2.41. The van der Waals surface area contributed by atoms with Crippen LogP contribution in [0.2, 0.25) is 0 Å². The van der Waals surface area contributed by atoms with E-state index in [1.165, 1.54) is 24.0 Å². The number of aryl methyl sites for hydroxylation is 3. The summed E-state index contributed by atoms with van der Waals surface area (Å²) < 4.78 is 5.45. The fourth-order valence-corrected chi connectivity index (χ4v) is 2.75. The first-order valence-electron chi connectivity index (χ1n) is 7.49. The average Bonchev–Trinajstić information content (AvgIpc) is 3.22. The second kappa shape index (κ2) is 5.40. The summed E-state index contributed by atoms with van der Waals surface area (Å²) in [6, 6.07) is 10.4. The molecule has 1 atom stereocenters. The number of hydrogen-bond acceptors (Lipinski definition) is 2. The number of benzene rings is 1. The highest BCUT2D eigenvalue weighted by molar-refractivity contribution is 5.95. The SMILES string of the molecule is Cc1ccc(C(NC(=O)c2cc(C)oc2C)C2CC2)cc1. The predicted molar refractivity (Wildman–Crippen MR) is 82.3 cm³/mol. The largest absolute Gasteiger partial charge is 0.466 e. The molecule has 110 valence electrons. The highest BCUT2D eigenvalue weighted by Gasteiger charge is 2.34. The van der Waals surface area contributed by atoms with Gasteiger partial charge in [0.1, 0.15) is 11.5 Å². The summed E-state index contributed by atoms with van der Waals surface area (Å²) in [6.45, 7) is 5.77. The maximum Gasteiger partial charge on any atom is 0.255 e. The lowest BCUT2D eigenvalue weighted by molar-refractivity contribution is 0.0930. The first kappa shape index (κ1) is 13.9. The topological polar surface area (TPSA) is 42.2 Å². The molecule has 1 aromatic carbocycles. The van der Waals surface area contributed by atoms with Crippen LogP contribution < -0.4 is 5.32 Å². The molecule has 1 saturated carbocycles. The van der Waals surface area contributed by atoms with Crippen LogP contribution >= 0.6 is 0 Å². The number of furan rings is 1. The number of hydrogen-bond donors (Lipinski definition) is 1. The lowest BCUT2D eigenvalue weighted by Crippen LogP contribution is -2.30. The first-order valence-corrected chi connectivity index (χ1v) is 7.49. The third-order valence-electron chi connectivity index (χ3n) is 4.10. The summed E-state index contributed by atoms with van der Waals surface area (Å²) in [5.74, 6) is 1.98. The molecule has 0 saturated heterocycles. The van der Waals surface area contributed by atoms with E-state index in [1.54, 1.807) is 0 Å². The number of carbonyl (C=O) groups excluding carboxylic acids is 1. The third kappa shape index (κ3) is 3.02. The van der Waals surface area contributed by atoms with Gasteiger partial charge in [0.25, 0.3) is 5.91 Å². The monoisotopic (exact) mass is 283 g/mol. The lowest BCUT2D eigenvalue weighted by atomic mass is 10.0. The molecule has 1 heterocycles. The Balaban J connectivity index is 1.81. The molecule has 0 radical (unpaired) electrons. The molecule has 1 fully saturated rings. The van der Waals surface area contributed by atoms with Gasteiger partial charge >= 0.3 is 0 Å². The molecule has 0 bridgehead atoms. The van der Waals surface area contributed by atoms with Crippen molar-refractivity contribution in [3.63, 3.8) is 0 Å². The van der Waals surface area contributed by atoms with E-state index in [0.29, 0.717) is 17.2 Å². The van der Waals surface area contributed by atoms with Gasteiger partial charge in [-0.3, -0.25) is 4.79 Å². The zero-order valence-electron chi connectivity index (χ0n) is 12.8. The van der Waals surface area contributed by atoms with Crippen LogP contribution in [0.3, 0.4) is 0 Å². The molecule has 1 aliphatic carbocycles. The normalized spacial score (nSPS) is 15.8. The van der Waals surface area contributed by atoms with E-state index in [9.17, 15) is 4.79 Å². The predicted octanol–water partition coefficient (Wildman–Crippen LogP) is 4.09. The van der Waals surface area contributed by atoms with Crippen molar-refractivity contribution < 1.29 is 9.21 Å². The molecule has 3 rings (SSSR count). The van der Waals surface area contributed by atoms with Crippen molar-refractivity contribution in [2.45, 2.75) is 39.7 Å². The minimum Gasteiger partial charge on any atom is -0.466 e. The van der Waals surface area contributed by atoms with Crippen LogP contribution in [0.1, 0.15) is 51.9 Å². The molecule has 0 spiro atoms. The molecule has 0 aliphatic heterocycles. The maximum absolute atomic E-state index is 12.5. The molecule has 1 N–H and O–H groups in total. The van der Waals surface area contributed by atoms with Crippen LogP contribution in [0.15, 0.2) is 34.7 Å². The van der Waals surface area contributed by atoms with Crippen LogP contribution in [0, 0.1) is 26.7 Å². The van der Waals surface area contributed by atoms with Crippen LogP contribution in [-0.4, -0.2) is 5.91 Å². The summed E-state index contributed by atoms with van der Waals surface area (Å²) in [7, 11) is 0. The Bertz CT molecular complexity index is 650. The van der Waals surface area contributed by atoms with Gasteiger partial charge in [-0.2, -0.15) is 0 Å². The summed E-state index contributed by atoms with van der Waals surface area (Å²) in [5.41, 5.74) is 3.07. The second-order valence-electron chi connectivity index (χ2n) is 6.03. The fraction of sp³-hybridized carbons (Fsp3) is 0.389. The Morgan fingerprint density at radius 1 is 1.19 bits per heavy atom. The Morgan fingerprint density at radius 3 is 2.38 bits per heavy atom. The van der Waals surface area contributed by atoms with E-state index in [1.807, 2.05) is 19.9 Å². The van der Waals surface area contributed by atoms with E-state index in [0.717, 1.165) is 5.76 Å². The van der Waals surface area contributed by atoms with Crippen LogP contribution in [0.4, 0.5) is 0 Å². The van der Waals surface area contributed by atoms with Gasteiger partial charge in [0.15, 0.2) is 0 Å². The zero-order chi connectivity index (χ0) is 15.0. The van der Waals surface area contributed by atoms with Crippen LogP contribution in [0.5, 0.6) is 0 Å². The van der Waals surface area contributed by atoms with E-state index in [-0.39, 0.29) is 11.9 Å². The van der Waals surface area contributed by atoms with Gasteiger partial charge in [-0.1, -0.05) is 29.8 Å². The summed E-state index contributed by atoms with van der Waals surface area (Å²) in [6.07, 6.45) is 2.37. The zero-order valence-corrected chi connectivity index (χ0v) is 12.8. The Morgan fingerprint density at radius 2 is 1.86 bits per heavy atom. The molecular formula is C18H21NO2. The molecule has 21 heavy (non-hydrogen) atoms. The van der Waals surface area contributed by atoms with Crippen LogP contribution in [-0.2, 0) is 0 Å². The molecule has 1 aliphatic rings. The Labute approximate surface area is 125 Å². The number of carbonyl (C=O) groups is 1. The van der Waals surface area contributed by atoms with Gasteiger partial charge in [-0.05, 0) is 51.2 Å². The molecule has 3 heteroatoms. The van der Waals surface area contributed by atoms with Crippen molar-refractivity contribution in [1.82, 2.24) is 5.32 Å². The molecule has 1 amide bonds. The molecule has 1 aromatic heterocycles. The van der Waals surface area contributed by atoms with Gasteiger partial charge in [0, 0.05) is 0 Å². The molecule has 3 nitrogen and oxygen atoms in total. The van der Waals surface area contributed by atoms with E-state index in [2.05, 4.69) is 36.5 Å². The number of amides is 1. The van der Waals surface area contributed by atoms with Gasteiger partial charge in [0.2, 0.25) is 0 Å². The summed E-state index contributed by atoms with van der Waals surface area (Å²) in [5, 5.41) is 3.19. The van der Waals surface area contributed by atoms with E-state index >= 15 is 0 Å². The van der Waals surface area contributed by atoms with Crippen LogP contribution in [0.25, 0.3) is 0 Å². The van der Waals surface area contributed by atoms with E-state index < -0.39 is 0 Å². The van der Waals surface area contributed by atoms with Crippen molar-refractivity contribution in [2.24, 2.45) is 5.92 Å². The highest BCUT2D eigenvalue weighted by atomic mass is 16.3. The van der Waals surface area contributed by atoms with Crippen molar-refractivity contribution in [1.29, 1.82) is 0 Å². The van der Waals surface area contributed by atoms with Gasteiger partial charge in [-0.25, -0.2) is 0 Å². The van der Waals surface area contributed by atoms with Crippen molar-refractivity contribution in [2.75, 3.05) is 0 Å². The minimum atomic E-state index is -0.0400. The Kier molecular flexibility index (Phi) is 3.58. The molecular weight excluding hydrogens is 262 g/mol. The number of rotatable bonds is 4. The minimum absolute atomic E-state index is 0.0400. The first-order chi connectivity index (χ1) is 10.0. The Hall–Kier alpha value is -2.03. The van der Waals surface area contributed by atoms with Crippen molar-refractivity contribution in [3.8, 4) is 0 Å². The van der Waals surface area contributed by atoms with Crippen molar-refractivity contribution >= 4 is 5.91 Å². The van der Waals surface area contributed by atoms with Gasteiger partial charge < -0.3 is 9.73 Å². The number of nitrogens with one attached hydrogen (secondary N) is 1. The van der Waals surface area contributed by atoms with E-state index in [4.69, 9.17) is 4.42 Å². The van der Waals surface area contributed by atoms with Gasteiger partial charge in [-0.15, -0.1) is 0 Å². The molecule has 1 unspecified atom stereocenters. The van der Waals surface area contributed by atoms with Gasteiger partial charge in [0.05, 0.1) is 11.6 Å². The maximum atomic E-state index is 12.5. The fourth-order valence-electron chi connectivity index (χ4n) is 2.75. The quantitative estimate of drug-likeness (QED) is 0.918. The molecule has 2 aromatic rings. The summed E-state index contributed by atoms with van der Waals surface area (Å²) in [4.78, 5) is 12.5. The summed E-state index contributed by atoms with van der Waals surface area (Å²) >= 11 is 0. The average molecular weight is 283 g/mol. The standard InChI is InChI=1S/C18H21NO2/c1-11-4-6-14(7-5-11)17(15-8-9-15)19-18(20)16-10-12(2)21-13(16)3/h4-7,10,15,17H,8-9H2,1-3H3,(H,19,20).